The first-order valence-electron chi connectivity index (χ1n) is 10.6. The molecule has 0 aliphatic carbocycles. The zero-order valence-corrected chi connectivity index (χ0v) is 19.3. The van der Waals surface area contributed by atoms with Crippen molar-refractivity contribution >= 4 is 28.9 Å². The van der Waals surface area contributed by atoms with E-state index in [-0.39, 0.29) is 5.91 Å². The summed E-state index contributed by atoms with van der Waals surface area (Å²) in [6, 6.07) is 15.3. The maximum absolute atomic E-state index is 12.7. The second kappa shape index (κ2) is 9.94. The van der Waals surface area contributed by atoms with Crippen LogP contribution in [0.15, 0.2) is 48.7 Å². The second-order valence-electron chi connectivity index (χ2n) is 7.82. The van der Waals surface area contributed by atoms with E-state index in [9.17, 15) is 10.1 Å². The molecule has 1 aliphatic heterocycles. The van der Waals surface area contributed by atoms with Crippen molar-refractivity contribution in [2.45, 2.75) is 0 Å². The zero-order valence-electron chi connectivity index (χ0n) is 18.6. The van der Waals surface area contributed by atoms with Crippen LogP contribution < -0.4 is 15.0 Å². The van der Waals surface area contributed by atoms with E-state index in [1.165, 1.54) is 0 Å². The Morgan fingerprint density at radius 1 is 1.21 bits per heavy atom. The van der Waals surface area contributed by atoms with Crippen molar-refractivity contribution < 1.29 is 9.53 Å². The number of para-hydroxylation sites is 1. The number of methoxy groups -OCH3 is 1. The van der Waals surface area contributed by atoms with Gasteiger partial charge in [0, 0.05) is 44.5 Å². The van der Waals surface area contributed by atoms with Crippen molar-refractivity contribution in [3.05, 3.63) is 59.2 Å². The van der Waals surface area contributed by atoms with Gasteiger partial charge in [0.1, 0.15) is 11.8 Å². The quantitative estimate of drug-likeness (QED) is 0.601. The molecule has 1 aromatic heterocycles. The fourth-order valence-corrected chi connectivity index (χ4v) is 4.35. The number of aryl methyl sites for hydroxylation is 1. The molecule has 9 heteroatoms. The Labute approximate surface area is 197 Å². The summed E-state index contributed by atoms with van der Waals surface area (Å²) >= 11 is 6.32. The van der Waals surface area contributed by atoms with Gasteiger partial charge in [0.05, 0.1) is 41.8 Å². The first-order valence-corrected chi connectivity index (χ1v) is 11.0. The number of amides is 1. The molecular weight excluding hydrogens is 440 g/mol. The Balaban J connectivity index is 1.39. The molecule has 4 rings (SSSR count). The number of halogens is 1. The minimum atomic E-state index is -0.0897. The molecule has 1 fully saturated rings. The normalized spacial score (nSPS) is 14.1. The van der Waals surface area contributed by atoms with E-state index in [0.717, 1.165) is 43.1 Å². The van der Waals surface area contributed by atoms with Crippen molar-refractivity contribution in [2.75, 3.05) is 50.1 Å². The third kappa shape index (κ3) is 4.95. The van der Waals surface area contributed by atoms with Crippen LogP contribution >= 0.6 is 11.6 Å². The number of hydrogen-bond donors (Lipinski definition) is 1. The lowest BCUT2D eigenvalue weighted by atomic mass is 10.1. The number of ether oxygens (including phenoxy) is 1. The predicted molar refractivity (Wildman–Crippen MR) is 129 cm³/mol. The molecule has 0 unspecified atom stereocenters. The molecule has 1 amide bonds. The van der Waals surface area contributed by atoms with Crippen molar-refractivity contribution in [1.82, 2.24) is 14.7 Å². The van der Waals surface area contributed by atoms with Gasteiger partial charge in [0.25, 0.3) is 0 Å². The van der Waals surface area contributed by atoms with E-state index < -0.39 is 0 Å². The molecule has 2 heterocycles. The highest BCUT2D eigenvalue weighted by atomic mass is 35.5. The van der Waals surface area contributed by atoms with E-state index in [0.29, 0.717) is 28.6 Å². The Morgan fingerprint density at radius 2 is 1.97 bits per heavy atom. The number of anilines is 2. The summed E-state index contributed by atoms with van der Waals surface area (Å²) in [6.07, 6.45) is 1.58. The number of aromatic nitrogens is 2. The summed E-state index contributed by atoms with van der Waals surface area (Å²) in [6.45, 7) is 3.30. The largest absolute Gasteiger partial charge is 0.496 e. The standard InChI is InChI=1S/C24H25ClN6O2/c1-29-24(20(25)15-27-29)19-13-18(7-8-22(19)33-2)28-23(32)16-30-9-11-31(12-10-30)21-6-4-3-5-17(21)14-26/h3-8,13,15H,9-12,16H2,1-2H3,(H,28,32). The third-order valence-corrected chi connectivity index (χ3v) is 6.01. The molecule has 1 aliphatic rings. The van der Waals surface area contributed by atoms with Gasteiger partial charge in [-0.25, -0.2) is 0 Å². The molecular formula is C24H25ClN6O2. The molecule has 2 aromatic carbocycles. The average molecular weight is 465 g/mol. The molecule has 170 valence electrons. The average Bonchev–Trinajstić information content (AvgIpc) is 3.17. The van der Waals surface area contributed by atoms with Crippen molar-refractivity contribution in [3.63, 3.8) is 0 Å². The molecule has 0 atom stereocenters. The Bertz CT molecular complexity index is 1170. The Hall–Kier alpha value is -3.54. The summed E-state index contributed by atoms with van der Waals surface area (Å²) < 4.78 is 7.15. The number of piperazine rings is 1. The van der Waals surface area contributed by atoms with Gasteiger partial charge in [-0.05, 0) is 30.3 Å². The van der Waals surface area contributed by atoms with Gasteiger partial charge < -0.3 is 15.0 Å². The molecule has 3 aromatic rings. The van der Waals surface area contributed by atoms with E-state index in [4.69, 9.17) is 16.3 Å². The summed E-state index contributed by atoms with van der Waals surface area (Å²) in [5.41, 5.74) is 3.76. The van der Waals surface area contributed by atoms with Gasteiger partial charge in [0.15, 0.2) is 0 Å². The molecule has 1 N–H and O–H groups in total. The van der Waals surface area contributed by atoms with Crippen LogP contribution in [0.1, 0.15) is 5.56 Å². The van der Waals surface area contributed by atoms with Crippen LogP contribution in [0.25, 0.3) is 11.3 Å². The van der Waals surface area contributed by atoms with Crippen LogP contribution in [-0.2, 0) is 11.8 Å². The van der Waals surface area contributed by atoms with Gasteiger partial charge in [-0.1, -0.05) is 23.7 Å². The highest BCUT2D eigenvalue weighted by Crippen LogP contribution is 2.36. The number of nitriles is 1. The maximum atomic E-state index is 12.7. The first-order chi connectivity index (χ1) is 16.0. The molecule has 0 bridgehead atoms. The Kier molecular flexibility index (Phi) is 6.82. The predicted octanol–water partition coefficient (Wildman–Crippen LogP) is 3.38. The number of benzene rings is 2. The van der Waals surface area contributed by atoms with Crippen molar-refractivity contribution in [3.8, 4) is 23.1 Å². The van der Waals surface area contributed by atoms with Gasteiger partial charge in [-0.3, -0.25) is 14.4 Å². The number of nitrogens with one attached hydrogen (secondary N) is 1. The number of carbonyl (C=O) groups is 1. The van der Waals surface area contributed by atoms with Crippen LogP contribution in [0, 0.1) is 11.3 Å². The highest BCUT2D eigenvalue weighted by molar-refractivity contribution is 6.33. The lowest BCUT2D eigenvalue weighted by Gasteiger charge is -2.36. The number of carbonyl (C=O) groups excluding carboxylic acids is 1. The molecule has 0 spiro atoms. The fraction of sp³-hybridized carbons (Fsp3) is 0.292. The lowest BCUT2D eigenvalue weighted by molar-refractivity contribution is -0.117. The number of hydrogen-bond acceptors (Lipinski definition) is 6. The van der Waals surface area contributed by atoms with E-state index in [1.807, 2.05) is 30.3 Å². The number of rotatable bonds is 6. The molecule has 8 nitrogen and oxygen atoms in total. The molecule has 0 radical (unpaired) electrons. The molecule has 0 saturated carbocycles. The van der Waals surface area contributed by atoms with Gasteiger partial charge >= 0.3 is 0 Å². The summed E-state index contributed by atoms with van der Waals surface area (Å²) in [5.74, 6) is 0.556. The summed E-state index contributed by atoms with van der Waals surface area (Å²) in [5, 5.41) is 17.0. The number of nitrogens with zero attached hydrogens (tertiary/aromatic N) is 5. The minimum absolute atomic E-state index is 0.0897. The van der Waals surface area contributed by atoms with Crippen molar-refractivity contribution in [1.29, 1.82) is 5.26 Å². The van der Waals surface area contributed by atoms with Crippen molar-refractivity contribution in [2.24, 2.45) is 7.05 Å². The summed E-state index contributed by atoms with van der Waals surface area (Å²) in [7, 11) is 3.40. The van der Waals surface area contributed by atoms with Crippen LogP contribution in [-0.4, -0.2) is 60.4 Å². The topological polar surface area (TPSA) is 86.4 Å². The smallest absolute Gasteiger partial charge is 0.238 e. The SMILES string of the molecule is COc1ccc(NC(=O)CN2CCN(c3ccccc3C#N)CC2)cc1-c1c(Cl)cnn1C. The first kappa shape index (κ1) is 22.6. The van der Waals surface area contributed by atoms with Gasteiger partial charge in [-0.15, -0.1) is 0 Å². The van der Waals surface area contributed by atoms with Crippen LogP contribution in [0.4, 0.5) is 11.4 Å². The van der Waals surface area contributed by atoms with Crippen LogP contribution in [0.5, 0.6) is 5.75 Å². The lowest BCUT2D eigenvalue weighted by Crippen LogP contribution is -2.48. The zero-order chi connectivity index (χ0) is 23.4. The third-order valence-electron chi connectivity index (χ3n) is 5.74. The highest BCUT2D eigenvalue weighted by Gasteiger charge is 2.21. The molecule has 1 saturated heterocycles. The fourth-order valence-electron chi connectivity index (χ4n) is 4.08. The second-order valence-corrected chi connectivity index (χ2v) is 8.23. The molecule has 33 heavy (non-hydrogen) atoms. The summed E-state index contributed by atoms with van der Waals surface area (Å²) in [4.78, 5) is 17.0. The Morgan fingerprint density at radius 3 is 2.64 bits per heavy atom. The van der Waals surface area contributed by atoms with Gasteiger partial charge in [0.2, 0.25) is 5.91 Å². The van der Waals surface area contributed by atoms with Gasteiger partial charge in [-0.2, -0.15) is 10.4 Å². The van der Waals surface area contributed by atoms with Crippen LogP contribution in [0.3, 0.4) is 0 Å². The van der Waals surface area contributed by atoms with E-state index in [2.05, 4.69) is 26.3 Å². The minimum Gasteiger partial charge on any atom is -0.496 e. The van der Waals surface area contributed by atoms with Crippen LogP contribution in [0.2, 0.25) is 5.02 Å². The van der Waals surface area contributed by atoms with E-state index >= 15 is 0 Å². The van der Waals surface area contributed by atoms with E-state index in [1.54, 1.807) is 37.2 Å². The monoisotopic (exact) mass is 464 g/mol. The maximum Gasteiger partial charge on any atom is 0.238 e.